The summed E-state index contributed by atoms with van der Waals surface area (Å²) in [5.74, 6) is -0.441. The van der Waals surface area contributed by atoms with E-state index in [1.807, 2.05) is 0 Å². The lowest BCUT2D eigenvalue weighted by atomic mass is 9.89. The van der Waals surface area contributed by atoms with Gasteiger partial charge in [0, 0.05) is 17.4 Å². The molecule has 0 aliphatic heterocycles. The van der Waals surface area contributed by atoms with Gasteiger partial charge in [-0.15, -0.1) is 0 Å². The summed E-state index contributed by atoms with van der Waals surface area (Å²) in [5.41, 5.74) is -1.47. The summed E-state index contributed by atoms with van der Waals surface area (Å²) in [5, 5.41) is 15.7. The quantitative estimate of drug-likeness (QED) is 0.659. The number of non-ortho nitro benzene ring substituents is 1. The lowest BCUT2D eigenvalue weighted by Crippen LogP contribution is -2.21. The fraction of sp³-hybridized carbons (Fsp3) is 0.538. The molecular formula is C13H17F3N2O3S. The monoisotopic (exact) mass is 338 g/mol. The Bertz CT molecular complexity index is 605. The number of nitrogens with zero attached hydrogens (tertiary/aromatic N) is 1. The molecule has 0 aromatic heterocycles. The SMILES string of the molecule is Cc1c([C@H](C)CC(C)S(N)=O)cc([N+](=O)[O-])cc1C(F)(F)F. The summed E-state index contributed by atoms with van der Waals surface area (Å²) in [4.78, 5) is 10.0. The summed E-state index contributed by atoms with van der Waals surface area (Å²) in [6.07, 6.45) is -4.41. The van der Waals surface area contributed by atoms with Gasteiger partial charge >= 0.3 is 6.18 Å². The highest BCUT2D eigenvalue weighted by atomic mass is 32.2. The molecule has 1 rings (SSSR count). The molecule has 0 fully saturated rings. The third-order valence-corrected chi connectivity index (χ3v) is 4.55. The Morgan fingerprint density at radius 1 is 1.36 bits per heavy atom. The molecule has 0 aliphatic carbocycles. The van der Waals surface area contributed by atoms with Gasteiger partial charge in [-0.2, -0.15) is 13.2 Å². The number of halogens is 3. The Balaban J connectivity index is 3.37. The van der Waals surface area contributed by atoms with E-state index in [0.717, 1.165) is 6.07 Å². The molecule has 1 aromatic carbocycles. The number of rotatable bonds is 5. The van der Waals surface area contributed by atoms with E-state index in [1.165, 1.54) is 6.92 Å². The van der Waals surface area contributed by atoms with Crippen molar-refractivity contribution in [3.05, 3.63) is 38.9 Å². The maximum Gasteiger partial charge on any atom is 0.416 e. The molecule has 0 saturated heterocycles. The molecule has 124 valence electrons. The van der Waals surface area contributed by atoms with Crippen LogP contribution in [0.3, 0.4) is 0 Å². The average molecular weight is 338 g/mol. The van der Waals surface area contributed by atoms with Crippen molar-refractivity contribution in [2.24, 2.45) is 5.14 Å². The van der Waals surface area contributed by atoms with Crippen LogP contribution in [0.4, 0.5) is 18.9 Å². The second-order valence-electron chi connectivity index (χ2n) is 5.24. The van der Waals surface area contributed by atoms with Gasteiger partial charge in [0.2, 0.25) is 0 Å². The van der Waals surface area contributed by atoms with Gasteiger partial charge in [-0.25, -0.2) is 4.21 Å². The number of alkyl halides is 3. The predicted molar refractivity (Wildman–Crippen MR) is 77.7 cm³/mol. The Morgan fingerprint density at radius 3 is 2.32 bits per heavy atom. The van der Waals surface area contributed by atoms with Crippen molar-refractivity contribution in [3.63, 3.8) is 0 Å². The smallest absolute Gasteiger partial charge is 0.258 e. The van der Waals surface area contributed by atoms with E-state index in [2.05, 4.69) is 0 Å². The average Bonchev–Trinajstić information content (AvgIpc) is 2.36. The van der Waals surface area contributed by atoms with Crippen LogP contribution in [0.15, 0.2) is 12.1 Å². The third-order valence-electron chi connectivity index (χ3n) is 3.56. The summed E-state index contributed by atoms with van der Waals surface area (Å²) < 4.78 is 50.3. The highest BCUT2D eigenvalue weighted by molar-refractivity contribution is 7.83. The van der Waals surface area contributed by atoms with E-state index in [4.69, 9.17) is 5.14 Å². The first-order valence-electron chi connectivity index (χ1n) is 6.46. The van der Waals surface area contributed by atoms with Crippen molar-refractivity contribution in [2.45, 2.75) is 44.5 Å². The number of hydrogen-bond acceptors (Lipinski definition) is 3. The van der Waals surface area contributed by atoms with Crippen LogP contribution in [-0.4, -0.2) is 14.4 Å². The first kappa shape index (κ1) is 18.6. The highest BCUT2D eigenvalue weighted by Gasteiger charge is 2.36. The summed E-state index contributed by atoms with van der Waals surface area (Å²) in [7, 11) is -1.60. The van der Waals surface area contributed by atoms with Gasteiger partial charge in [0.15, 0.2) is 0 Å². The molecule has 0 bridgehead atoms. The zero-order valence-electron chi connectivity index (χ0n) is 12.3. The zero-order valence-corrected chi connectivity index (χ0v) is 13.1. The Hall–Kier alpha value is -1.48. The molecule has 0 aliphatic rings. The maximum absolute atomic E-state index is 13.0. The molecule has 5 nitrogen and oxygen atoms in total. The molecule has 3 atom stereocenters. The molecule has 2 N–H and O–H groups in total. The van der Waals surface area contributed by atoms with Crippen LogP contribution in [0.25, 0.3) is 0 Å². The first-order valence-corrected chi connectivity index (χ1v) is 7.73. The number of hydrogen-bond donors (Lipinski definition) is 1. The van der Waals surface area contributed by atoms with Crippen molar-refractivity contribution in [1.82, 2.24) is 0 Å². The predicted octanol–water partition coefficient (Wildman–Crippen LogP) is 3.43. The van der Waals surface area contributed by atoms with Crippen LogP contribution >= 0.6 is 0 Å². The van der Waals surface area contributed by atoms with Gasteiger partial charge in [-0.3, -0.25) is 15.3 Å². The standard InChI is InChI=1S/C13H17F3N2O3S/c1-7(4-8(2)22(17)21)11-5-10(18(19)20)6-12(9(11)3)13(14,15)16/h5-8H,4,17H2,1-3H3/t7-,8?,22?/m1/s1. The van der Waals surface area contributed by atoms with E-state index < -0.39 is 44.5 Å². The van der Waals surface area contributed by atoms with Crippen molar-refractivity contribution < 1.29 is 22.3 Å². The number of nitrogens with two attached hydrogens (primary N) is 1. The Kier molecular flexibility index (Phi) is 5.69. The highest BCUT2D eigenvalue weighted by Crippen LogP contribution is 2.38. The van der Waals surface area contributed by atoms with Crippen LogP contribution in [0.2, 0.25) is 0 Å². The summed E-state index contributed by atoms with van der Waals surface area (Å²) >= 11 is 0. The minimum absolute atomic E-state index is 0.0550. The van der Waals surface area contributed by atoms with Crippen LogP contribution in [0.5, 0.6) is 0 Å². The Morgan fingerprint density at radius 2 is 1.91 bits per heavy atom. The van der Waals surface area contributed by atoms with E-state index in [1.54, 1.807) is 13.8 Å². The second kappa shape index (κ2) is 6.74. The molecular weight excluding hydrogens is 321 g/mol. The van der Waals surface area contributed by atoms with Crippen molar-refractivity contribution in [3.8, 4) is 0 Å². The van der Waals surface area contributed by atoms with E-state index >= 15 is 0 Å². The summed E-state index contributed by atoms with van der Waals surface area (Å²) in [6.45, 7) is 4.53. The van der Waals surface area contributed by atoms with Crippen LogP contribution in [0.1, 0.15) is 42.9 Å². The minimum atomic E-state index is -4.67. The second-order valence-corrected chi connectivity index (χ2v) is 6.70. The molecule has 9 heteroatoms. The van der Waals surface area contributed by atoms with Crippen LogP contribution in [-0.2, 0) is 17.2 Å². The van der Waals surface area contributed by atoms with Gasteiger partial charge < -0.3 is 0 Å². The summed E-state index contributed by atoms with van der Waals surface area (Å²) in [6, 6.07) is 1.68. The normalized spacial score (nSPS) is 16.1. The number of nitro groups is 1. The molecule has 0 spiro atoms. The van der Waals surface area contributed by atoms with Gasteiger partial charge in [0.05, 0.1) is 21.5 Å². The molecule has 0 radical (unpaired) electrons. The van der Waals surface area contributed by atoms with Crippen LogP contribution in [0, 0.1) is 17.0 Å². The van der Waals surface area contributed by atoms with E-state index in [0.29, 0.717) is 6.07 Å². The minimum Gasteiger partial charge on any atom is -0.258 e. The van der Waals surface area contributed by atoms with Gasteiger partial charge in [-0.1, -0.05) is 6.92 Å². The largest absolute Gasteiger partial charge is 0.416 e. The van der Waals surface area contributed by atoms with Gasteiger partial charge in [0.1, 0.15) is 0 Å². The lowest BCUT2D eigenvalue weighted by Gasteiger charge is -2.20. The molecule has 1 aromatic rings. The van der Waals surface area contributed by atoms with Crippen molar-refractivity contribution in [2.75, 3.05) is 0 Å². The van der Waals surface area contributed by atoms with Gasteiger partial charge in [0.25, 0.3) is 5.69 Å². The van der Waals surface area contributed by atoms with Crippen LogP contribution < -0.4 is 5.14 Å². The molecule has 2 unspecified atom stereocenters. The molecule has 0 heterocycles. The topological polar surface area (TPSA) is 86.2 Å². The first-order chi connectivity index (χ1) is 9.95. The van der Waals surface area contributed by atoms with E-state index in [-0.39, 0.29) is 17.5 Å². The third kappa shape index (κ3) is 4.26. The van der Waals surface area contributed by atoms with Crippen molar-refractivity contribution >= 4 is 16.7 Å². The fourth-order valence-electron chi connectivity index (χ4n) is 2.35. The zero-order chi connectivity index (χ0) is 17.2. The van der Waals surface area contributed by atoms with E-state index in [9.17, 15) is 27.5 Å². The maximum atomic E-state index is 13.0. The lowest BCUT2D eigenvalue weighted by molar-refractivity contribution is -0.385. The van der Waals surface area contributed by atoms with Crippen molar-refractivity contribution in [1.29, 1.82) is 0 Å². The van der Waals surface area contributed by atoms with Gasteiger partial charge in [-0.05, 0) is 37.3 Å². The molecule has 0 amide bonds. The molecule has 0 saturated carbocycles. The Labute approximate surface area is 128 Å². The number of nitro benzene ring substituents is 1. The molecule has 22 heavy (non-hydrogen) atoms. The number of benzene rings is 1. The fourth-order valence-corrected chi connectivity index (χ4v) is 2.83.